The normalized spacial score (nSPS) is 13.3. The molecule has 1 aromatic rings. The molecule has 0 amide bonds. The molecule has 0 bridgehead atoms. The van der Waals surface area contributed by atoms with Crippen molar-refractivity contribution in [2.75, 3.05) is 19.0 Å². The van der Waals surface area contributed by atoms with Crippen LogP contribution in [-0.4, -0.2) is 29.2 Å². The Labute approximate surface area is 137 Å². The Hall–Kier alpha value is 0.0595. The standard InChI is InChI=1S/C16H26NPSSe/c1-15(2,3)11-9-12(16(4,5)6)14(18(19)20)13(10-11)17(7)8/h9-10H,1-8H3. The first-order valence-corrected chi connectivity index (χ1v) is 11.4. The number of hydrogen-bond donors (Lipinski definition) is 0. The molecule has 1 nitrogen and oxygen atoms in total. The third-order valence-electron chi connectivity index (χ3n) is 3.43. The maximum absolute atomic E-state index is 5.63. The fraction of sp³-hybridized carbons (Fsp3) is 0.625. The molecule has 0 fully saturated rings. The van der Waals surface area contributed by atoms with E-state index in [9.17, 15) is 0 Å². The Morgan fingerprint density at radius 1 is 1.00 bits per heavy atom. The number of rotatable bonds is 2. The zero-order chi connectivity index (χ0) is 15.9. The van der Waals surface area contributed by atoms with E-state index in [0.29, 0.717) is 0 Å². The predicted octanol–water partition coefficient (Wildman–Crippen LogP) is 4.00. The van der Waals surface area contributed by atoms with Gasteiger partial charge in [-0.1, -0.05) is 0 Å². The van der Waals surface area contributed by atoms with Gasteiger partial charge in [-0.15, -0.1) is 0 Å². The van der Waals surface area contributed by atoms with Crippen LogP contribution in [0.2, 0.25) is 0 Å². The summed E-state index contributed by atoms with van der Waals surface area (Å²) in [7, 11) is 4.21. The van der Waals surface area contributed by atoms with E-state index in [1.165, 1.54) is 22.1 Å². The second-order valence-corrected chi connectivity index (χ2v) is 13.5. The van der Waals surface area contributed by atoms with Gasteiger partial charge in [0.25, 0.3) is 0 Å². The molecule has 0 aliphatic carbocycles. The van der Waals surface area contributed by atoms with Crippen molar-refractivity contribution in [1.29, 1.82) is 0 Å². The van der Waals surface area contributed by atoms with E-state index < -0.39 is 4.94 Å². The summed E-state index contributed by atoms with van der Waals surface area (Å²) in [6, 6.07) is 4.67. The van der Waals surface area contributed by atoms with Crippen LogP contribution in [0, 0.1) is 0 Å². The Kier molecular flexibility index (Phi) is 5.48. The molecule has 20 heavy (non-hydrogen) atoms. The molecule has 4 heteroatoms. The summed E-state index contributed by atoms with van der Waals surface area (Å²) in [6.07, 6.45) is 0. The summed E-state index contributed by atoms with van der Waals surface area (Å²) in [6.45, 7) is 13.6. The SMILES string of the molecule is CN(C)c1cc(C(C)(C)C)cc(C(C)(C)C)c1P(=S)=[Se]. The third kappa shape index (κ3) is 4.04. The summed E-state index contributed by atoms with van der Waals surface area (Å²) < 4.78 is 0. The van der Waals surface area contributed by atoms with Crippen LogP contribution in [0.3, 0.4) is 0 Å². The van der Waals surface area contributed by atoms with Gasteiger partial charge in [0.2, 0.25) is 0 Å². The van der Waals surface area contributed by atoms with Crippen molar-refractivity contribution < 1.29 is 0 Å². The van der Waals surface area contributed by atoms with Crippen molar-refractivity contribution in [3.8, 4) is 0 Å². The summed E-state index contributed by atoms with van der Waals surface area (Å²) in [5, 5.41) is 1.32. The van der Waals surface area contributed by atoms with Gasteiger partial charge in [-0.25, -0.2) is 0 Å². The summed E-state index contributed by atoms with van der Waals surface area (Å²) in [4.78, 5) is 1.53. The zero-order valence-corrected chi connectivity index (χ0v) is 17.3. The Morgan fingerprint density at radius 3 is 1.80 bits per heavy atom. The van der Waals surface area contributed by atoms with Crippen LogP contribution in [-0.2, 0) is 22.6 Å². The Balaban J connectivity index is 3.83. The Morgan fingerprint density at radius 2 is 1.50 bits per heavy atom. The van der Waals surface area contributed by atoms with Crippen LogP contribution in [0.5, 0.6) is 0 Å². The van der Waals surface area contributed by atoms with Gasteiger partial charge in [0.15, 0.2) is 0 Å². The molecule has 1 rings (SSSR count). The van der Waals surface area contributed by atoms with E-state index in [1.807, 2.05) is 0 Å². The molecule has 0 heterocycles. The van der Waals surface area contributed by atoms with Crippen molar-refractivity contribution in [1.82, 2.24) is 0 Å². The molecule has 1 unspecified atom stereocenters. The summed E-state index contributed by atoms with van der Waals surface area (Å²) in [5.41, 5.74) is 4.27. The van der Waals surface area contributed by atoms with Crippen molar-refractivity contribution in [2.24, 2.45) is 0 Å². The molecular weight excluding hydrogens is 348 g/mol. The van der Waals surface area contributed by atoms with E-state index in [-0.39, 0.29) is 10.8 Å². The average Bonchev–Trinajstić information content (AvgIpc) is 2.24. The number of benzene rings is 1. The van der Waals surface area contributed by atoms with Gasteiger partial charge in [0.05, 0.1) is 0 Å². The Bertz CT molecular complexity index is 567. The van der Waals surface area contributed by atoms with Gasteiger partial charge in [-0.2, -0.15) is 0 Å². The monoisotopic (exact) mass is 375 g/mol. The van der Waals surface area contributed by atoms with Crippen LogP contribution >= 0.6 is 4.94 Å². The molecule has 1 atom stereocenters. The first-order valence-electron chi connectivity index (χ1n) is 6.86. The third-order valence-corrected chi connectivity index (χ3v) is 5.96. The topological polar surface area (TPSA) is 3.24 Å². The molecule has 0 saturated heterocycles. The van der Waals surface area contributed by atoms with Gasteiger partial charge >= 0.3 is 137 Å². The average molecular weight is 374 g/mol. The second kappa shape index (κ2) is 6.05. The molecule has 0 N–H and O–H groups in total. The van der Waals surface area contributed by atoms with Crippen molar-refractivity contribution >= 4 is 42.8 Å². The second-order valence-electron chi connectivity index (χ2n) is 7.54. The molecule has 1 aromatic carbocycles. The van der Waals surface area contributed by atoms with E-state index >= 15 is 0 Å². The molecule has 0 aliphatic rings. The molecular formula is C16H26NPSSe. The fourth-order valence-electron chi connectivity index (χ4n) is 2.16. The van der Waals surface area contributed by atoms with Crippen molar-refractivity contribution in [3.05, 3.63) is 23.3 Å². The minimum atomic E-state index is -0.665. The van der Waals surface area contributed by atoms with Gasteiger partial charge in [0, 0.05) is 0 Å². The van der Waals surface area contributed by atoms with Crippen LogP contribution in [0.1, 0.15) is 52.7 Å². The first-order chi connectivity index (χ1) is 8.85. The quantitative estimate of drug-likeness (QED) is 0.569. The number of nitrogens with zero attached hydrogens (tertiary/aromatic N) is 1. The molecule has 0 spiro atoms. The van der Waals surface area contributed by atoms with E-state index in [4.69, 9.17) is 11.8 Å². The minimum absolute atomic E-state index is 0.102. The van der Waals surface area contributed by atoms with Crippen LogP contribution in [0.25, 0.3) is 0 Å². The number of hydrogen-bond acceptors (Lipinski definition) is 2. The van der Waals surface area contributed by atoms with E-state index in [1.54, 1.807) is 0 Å². The van der Waals surface area contributed by atoms with Gasteiger partial charge in [-0.3, -0.25) is 0 Å². The molecule has 0 saturated carbocycles. The summed E-state index contributed by atoms with van der Waals surface area (Å²) >= 11 is 8.80. The van der Waals surface area contributed by atoms with Crippen molar-refractivity contribution in [2.45, 2.75) is 52.4 Å². The van der Waals surface area contributed by atoms with E-state index in [2.05, 4.69) is 87.8 Å². The fourth-order valence-corrected chi connectivity index (χ4v) is 4.99. The van der Waals surface area contributed by atoms with Gasteiger partial charge < -0.3 is 0 Å². The zero-order valence-electron chi connectivity index (χ0n) is 13.9. The van der Waals surface area contributed by atoms with Gasteiger partial charge in [-0.05, 0) is 0 Å². The predicted molar refractivity (Wildman–Crippen MR) is 97.8 cm³/mol. The van der Waals surface area contributed by atoms with Crippen LogP contribution < -0.4 is 10.2 Å². The molecule has 0 aliphatic heterocycles. The molecule has 0 radical (unpaired) electrons. The first kappa shape index (κ1) is 18.1. The number of anilines is 1. The molecule has 112 valence electrons. The van der Waals surface area contributed by atoms with Crippen LogP contribution in [0.4, 0.5) is 5.69 Å². The maximum atomic E-state index is 5.63. The van der Waals surface area contributed by atoms with Gasteiger partial charge in [0.1, 0.15) is 0 Å². The van der Waals surface area contributed by atoms with E-state index in [0.717, 1.165) is 0 Å². The molecule has 0 aromatic heterocycles. The van der Waals surface area contributed by atoms with Crippen LogP contribution in [0.15, 0.2) is 12.1 Å². The van der Waals surface area contributed by atoms with Crippen molar-refractivity contribution in [3.63, 3.8) is 0 Å². The summed E-state index contributed by atoms with van der Waals surface area (Å²) in [5.74, 6) is 0.